The molecule has 5 amide bonds. The van der Waals surface area contributed by atoms with E-state index >= 15 is 0 Å². The van der Waals surface area contributed by atoms with Crippen LogP contribution in [0, 0.1) is 5.92 Å². The highest BCUT2D eigenvalue weighted by molar-refractivity contribution is 8.02. The first kappa shape index (κ1) is 44.9. The van der Waals surface area contributed by atoms with Crippen molar-refractivity contribution >= 4 is 47.2 Å². The normalized spacial score (nSPS) is 15.5. The molecule has 0 fully saturated rings. The third-order valence-electron chi connectivity index (χ3n) is 9.22. The van der Waals surface area contributed by atoms with Crippen LogP contribution in [0.3, 0.4) is 0 Å². The summed E-state index contributed by atoms with van der Waals surface area (Å²) in [5, 5.41) is 14.3. The highest BCUT2D eigenvalue weighted by atomic mass is 32.2. The second-order valence-electron chi connectivity index (χ2n) is 15.6. The summed E-state index contributed by atoms with van der Waals surface area (Å²) in [6, 6.07) is 17.7. The minimum absolute atomic E-state index is 0.0909. The average Bonchev–Trinajstić information content (AvgIpc) is 3.82. The van der Waals surface area contributed by atoms with Crippen molar-refractivity contribution in [2.24, 2.45) is 5.92 Å². The van der Waals surface area contributed by atoms with Gasteiger partial charge in [-0.2, -0.15) is 0 Å². The standard InChI is InChI=1S/C42H59N7O6S2/c1-29(2)38-49(7)34(27-56-38)25-48(6)39(51)47-36(20-21-44-40(52)55-42(3,4)5)37(50)45-32(22-30-14-10-8-11-15-30)18-19-33(23-31-16-12-9-13-17-31)46-41(53)54-26-35-24-43-28-57-35/h8-17,24,27-29,32-33,36,38H,18-23,25-26H2,1-7H3,(H,44,52)(H,45,50)(H,46,53)(H,47,51)/t32-,33-,36+,38?/m1/s1. The summed E-state index contributed by atoms with van der Waals surface area (Å²) in [5.41, 5.74) is 4.09. The van der Waals surface area contributed by atoms with Gasteiger partial charge in [0.1, 0.15) is 18.2 Å². The van der Waals surface area contributed by atoms with Crippen LogP contribution < -0.4 is 21.3 Å². The molecule has 0 spiro atoms. The molecule has 2 aromatic carbocycles. The fourth-order valence-corrected chi connectivity index (χ4v) is 8.00. The summed E-state index contributed by atoms with van der Waals surface area (Å²) < 4.78 is 10.9. The van der Waals surface area contributed by atoms with E-state index in [0.717, 1.165) is 21.7 Å². The van der Waals surface area contributed by atoms with Crippen molar-refractivity contribution in [1.82, 2.24) is 36.1 Å². The predicted octanol–water partition coefficient (Wildman–Crippen LogP) is 6.92. The summed E-state index contributed by atoms with van der Waals surface area (Å²) in [6.07, 6.45) is 2.78. The number of carbonyl (C=O) groups excluding carboxylic acids is 4. The van der Waals surface area contributed by atoms with E-state index in [-0.39, 0.29) is 42.9 Å². The average molecular weight is 822 g/mol. The van der Waals surface area contributed by atoms with Gasteiger partial charge in [-0.1, -0.05) is 74.5 Å². The molecule has 310 valence electrons. The van der Waals surface area contributed by atoms with Crippen LogP contribution in [0.2, 0.25) is 0 Å². The molecular weight excluding hydrogens is 763 g/mol. The first-order chi connectivity index (χ1) is 27.2. The molecule has 15 heteroatoms. The lowest BCUT2D eigenvalue weighted by molar-refractivity contribution is -0.123. The molecule has 4 N–H and O–H groups in total. The summed E-state index contributed by atoms with van der Waals surface area (Å²) >= 11 is 3.15. The summed E-state index contributed by atoms with van der Waals surface area (Å²) in [7, 11) is 3.73. The number of thioether (sulfide) groups is 1. The minimum atomic E-state index is -0.971. The number of aromatic nitrogens is 1. The molecule has 0 aliphatic carbocycles. The number of nitrogens with zero attached hydrogens (tertiary/aromatic N) is 3. The van der Waals surface area contributed by atoms with E-state index in [1.54, 1.807) is 56.2 Å². The molecule has 1 unspecified atom stereocenters. The smallest absolute Gasteiger partial charge is 0.407 e. The molecule has 3 aromatic rings. The number of carbonyl (C=O) groups is 4. The largest absolute Gasteiger partial charge is 0.444 e. The van der Waals surface area contributed by atoms with Crippen LogP contribution in [0.4, 0.5) is 14.4 Å². The van der Waals surface area contributed by atoms with Gasteiger partial charge in [-0.15, -0.1) is 23.1 Å². The highest BCUT2D eigenvalue weighted by Crippen LogP contribution is 2.34. The van der Waals surface area contributed by atoms with Crippen LogP contribution in [-0.2, 0) is 33.7 Å². The number of alkyl carbamates (subject to hydrolysis) is 2. The van der Waals surface area contributed by atoms with E-state index in [1.165, 1.54) is 11.3 Å². The zero-order valence-corrected chi connectivity index (χ0v) is 35.8. The third-order valence-corrected chi connectivity index (χ3v) is 11.5. The fourth-order valence-electron chi connectivity index (χ4n) is 6.33. The van der Waals surface area contributed by atoms with Gasteiger partial charge >= 0.3 is 18.2 Å². The van der Waals surface area contributed by atoms with Crippen molar-refractivity contribution in [1.29, 1.82) is 0 Å². The third kappa shape index (κ3) is 16.0. The van der Waals surface area contributed by atoms with E-state index in [4.69, 9.17) is 9.47 Å². The first-order valence-electron chi connectivity index (χ1n) is 19.4. The molecule has 0 radical (unpaired) electrons. The van der Waals surface area contributed by atoms with Gasteiger partial charge in [0.05, 0.1) is 22.3 Å². The Balaban J connectivity index is 1.48. The van der Waals surface area contributed by atoms with Gasteiger partial charge in [-0.3, -0.25) is 9.78 Å². The Morgan fingerprint density at radius 1 is 0.877 bits per heavy atom. The molecule has 1 aliphatic heterocycles. The van der Waals surface area contributed by atoms with Gasteiger partial charge in [0.2, 0.25) is 5.91 Å². The van der Waals surface area contributed by atoms with Crippen molar-refractivity contribution in [3.8, 4) is 0 Å². The van der Waals surface area contributed by atoms with Crippen molar-refractivity contribution in [3.63, 3.8) is 0 Å². The lowest BCUT2D eigenvalue weighted by atomic mass is 9.95. The van der Waals surface area contributed by atoms with E-state index in [2.05, 4.69) is 50.4 Å². The minimum Gasteiger partial charge on any atom is -0.444 e. The number of ether oxygens (including phenoxy) is 2. The molecule has 1 aromatic heterocycles. The Bertz CT molecular complexity index is 1740. The van der Waals surface area contributed by atoms with Crippen LogP contribution in [0.15, 0.2) is 83.5 Å². The molecule has 1 aliphatic rings. The second kappa shape index (κ2) is 22.3. The van der Waals surface area contributed by atoms with Crippen LogP contribution in [0.5, 0.6) is 0 Å². The number of thiazole rings is 1. The summed E-state index contributed by atoms with van der Waals surface area (Å²) in [6.45, 7) is 10.2. The van der Waals surface area contributed by atoms with Crippen LogP contribution in [-0.4, -0.2) is 95.2 Å². The van der Waals surface area contributed by atoms with Gasteiger partial charge in [0.15, 0.2) is 0 Å². The van der Waals surface area contributed by atoms with Crippen LogP contribution in [0.1, 0.15) is 69.9 Å². The molecule has 4 rings (SSSR count). The van der Waals surface area contributed by atoms with E-state index in [0.29, 0.717) is 38.1 Å². The van der Waals surface area contributed by atoms with Crippen molar-refractivity contribution in [3.05, 3.63) is 99.5 Å². The number of benzene rings is 2. The maximum absolute atomic E-state index is 14.2. The Morgan fingerprint density at radius 3 is 2.04 bits per heavy atom. The summed E-state index contributed by atoms with van der Waals surface area (Å²) in [4.78, 5) is 62.0. The predicted molar refractivity (Wildman–Crippen MR) is 227 cm³/mol. The number of hydrogen-bond acceptors (Lipinski definition) is 10. The zero-order chi connectivity index (χ0) is 41.4. The molecule has 57 heavy (non-hydrogen) atoms. The van der Waals surface area contributed by atoms with Gasteiger partial charge in [0, 0.05) is 44.6 Å². The molecule has 0 saturated heterocycles. The quantitative estimate of drug-likeness (QED) is 0.101. The van der Waals surface area contributed by atoms with Crippen LogP contribution in [0.25, 0.3) is 0 Å². The van der Waals surface area contributed by atoms with Crippen LogP contribution >= 0.6 is 23.1 Å². The van der Waals surface area contributed by atoms with Gasteiger partial charge in [-0.25, -0.2) is 14.4 Å². The monoisotopic (exact) mass is 821 g/mol. The number of rotatable bonds is 19. The molecule has 2 heterocycles. The highest BCUT2D eigenvalue weighted by Gasteiger charge is 2.30. The number of hydrogen-bond donors (Lipinski definition) is 4. The Labute approximate surface area is 345 Å². The van der Waals surface area contributed by atoms with Gasteiger partial charge in [0.25, 0.3) is 0 Å². The second-order valence-corrected chi connectivity index (χ2v) is 17.6. The molecule has 4 atom stereocenters. The van der Waals surface area contributed by atoms with E-state index < -0.39 is 29.9 Å². The van der Waals surface area contributed by atoms with Gasteiger partial charge in [-0.05, 0) is 75.3 Å². The number of amides is 5. The lowest BCUT2D eigenvalue weighted by Crippen LogP contribution is -2.54. The lowest BCUT2D eigenvalue weighted by Gasteiger charge is -2.30. The Hall–Kier alpha value is -4.76. The van der Waals surface area contributed by atoms with Crippen molar-refractivity contribution in [2.45, 2.75) is 102 Å². The Morgan fingerprint density at radius 2 is 1.49 bits per heavy atom. The zero-order valence-electron chi connectivity index (χ0n) is 34.2. The topological polar surface area (TPSA) is 154 Å². The molecule has 13 nitrogen and oxygen atoms in total. The number of urea groups is 1. The molecular formula is C42H59N7O6S2. The van der Waals surface area contributed by atoms with E-state index in [9.17, 15) is 19.2 Å². The number of nitrogens with one attached hydrogen (secondary N) is 4. The van der Waals surface area contributed by atoms with Crippen molar-refractivity contribution in [2.75, 3.05) is 27.2 Å². The summed E-state index contributed by atoms with van der Waals surface area (Å²) in [5.74, 6) is 0.0440. The molecule has 0 bridgehead atoms. The fraction of sp³-hybridized carbons (Fsp3) is 0.500. The van der Waals surface area contributed by atoms with Gasteiger partial charge < -0.3 is 40.5 Å². The maximum Gasteiger partial charge on any atom is 0.407 e. The number of likely N-dealkylation sites (N-methyl/N-ethyl adjacent to an activating group) is 2. The first-order valence-corrected chi connectivity index (χ1v) is 21.2. The van der Waals surface area contributed by atoms with Crippen molar-refractivity contribution < 1.29 is 28.7 Å². The van der Waals surface area contributed by atoms with E-state index in [1.807, 2.05) is 67.7 Å². The maximum atomic E-state index is 14.2. The Kier molecular flexibility index (Phi) is 17.5. The molecule has 0 saturated carbocycles. The SMILES string of the molecule is CC(C)C1SC=C(CN(C)C(=O)N[C@@H](CCNC(=O)OC(C)(C)C)C(=O)N[C@H](CC[C@H](Cc2ccccc2)NC(=O)OCc2cncs2)Cc2ccccc2)N1C.